The van der Waals surface area contributed by atoms with Crippen molar-refractivity contribution in [1.29, 1.82) is 0 Å². The molecule has 144 valence electrons. The van der Waals surface area contributed by atoms with Crippen molar-refractivity contribution in [3.8, 4) is 11.5 Å². The minimum Gasteiger partial charge on any atom is -0.508 e. The second-order valence-corrected chi connectivity index (χ2v) is 7.44. The number of rotatable bonds is 6. The number of phenols is 1. The number of hydrogen-bond acceptors (Lipinski definition) is 5. The zero-order valence-electron chi connectivity index (χ0n) is 15.6. The van der Waals surface area contributed by atoms with Gasteiger partial charge in [-0.05, 0) is 61.2 Å². The molecule has 2 N–H and O–H groups in total. The van der Waals surface area contributed by atoms with Crippen molar-refractivity contribution < 1.29 is 24.4 Å². The Kier molecular flexibility index (Phi) is 4.84. The maximum Gasteiger partial charge on any atom is 0.195 e. The van der Waals surface area contributed by atoms with Crippen LogP contribution in [0.2, 0.25) is 0 Å². The fourth-order valence-corrected chi connectivity index (χ4v) is 4.04. The molecule has 5 heteroatoms. The zero-order valence-corrected chi connectivity index (χ0v) is 15.6. The van der Waals surface area contributed by atoms with Crippen molar-refractivity contribution in [1.82, 2.24) is 0 Å². The molecule has 5 nitrogen and oxygen atoms in total. The van der Waals surface area contributed by atoms with Crippen LogP contribution < -0.4 is 4.74 Å². The van der Waals surface area contributed by atoms with Crippen LogP contribution in [0, 0.1) is 0 Å². The van der Waals surface area contributed by atoms with Crippen molar-refractivity contribution in [2.45, 2.75) is 44.0 Å². The third-order valence-electron chi connectivity index (χ3n) is 5.52. The van der Waals surface area contributed by atoms with E-state index in [2.05, 4.69) is 0 Å². The first-order valence-corrected chi connectivity index (χ1v) is 9.57. The van der Waals surface area contributed by atoms with E-state index < -0.39 is 11.4 Å². The topological polar surface area (TPSA) is 68.2 Å². The Morgan fingerprint density at radius 3 is 2.67 bits per heavy atom. The molecular formula is C22H26O5. The van der Waals surface area contributed by atoms with Gasteiger partial charge in [-0.25, -0.2) is 0 Å². The largest absolute Gasteiger partial charge is 0.508 e. The van der Waals surface area contributed by atoms with Gasteiger partial charge in [0.05, 0.1) is 19.8 Å². The smallest absolute Gasteiger partial charge is 0.195 e. The monoisotopic (exact) mass is 370 g/mol. The Bertz CT molecular complexity index is 803. The fourth-order valence-electron chi connectivity index (χ4n) is 4.04. The number of hydrogen-bond donors (Lipinski definition) is 2. The molecule has 2 aliphatic rings. The lowest BCUT2D eigenvalue weighted by atomic mass is 9.89. The molecule has 2 aromatic carbocycles. The molecule has 2 aromatic rings. The molecule has 0 radical (unpaired) electrons. The van der Waals surface area contributed by atoms with Gasteiger partial charge in [0.25, 0.3) is 0 Å². The van der Waals surface area contributed by atoms with Crippen molar-refractivity contribution >= 4 is 0 Å². The number of benzene rings is 2. The van der Waals surface area contributed by atoms with Crippen LogP contribution in [-0.2, 0) is 21.7 Å². The van der Waals surface area contributed by atoms with Gasteiger partial charge in [0.1, 0.15) is 17.1 Å². The van der Waals surface area contributed by atoms with Crippen molar-refractivity contribution in [2.75, 3.05) is 19.8 Å². The van der Waals surface area contributed by atoms with Crippen LogP contribution in [-0.4, -0.2) is 35.6 Å². The Balaban J connectivity index is 1.58. The number of fused-ring (bicyclic) bond motifs is 2. The average molecular weight is 370 g/mol. The lowest BCUT2D eigenvalue weighted by molar-refractivity contribution is -0.227. The molecule has 0 unspecified atom stereocenters. The van der Waals surface area contributed by atoms with E-state index in [1.54, 1.807) is 6.07 Å². The van der Waals surface area contributed by atoms with Crippen LogP contribution in [0.1, 0.15) is 42.9 Å². The number of phenolic OH excluding ortho intramolecular Hbond substituents is 1. The van der Waals surface area contributed by atoms with Crippen LogP contribution in [0.3, 0.4) is 0 Å². The van der Waals surface area contributed by atoms with Crippen molar-refractivity contribution in [3.63, 3.8) is 0 Å². The van der Waals surface area contributed by atoms with E-state index in [-0.39, 0.29) is 12.4 Å². The number of ether oxygens (including phenoxy) is 3. The zero-order chi connectivity index (χ0) is 18.9. The van der Waals surface area contributed by atoms with Crippen molar-refractivity contribution in [3.05, 3.63) is 59.2 Å². The molecule has 2 atom stereocenters. The first-order valence-electron chi connectivity index (χ1n) is 9.57. The van der Waals surface area contributed by atoms with Crippen molar-refractivity contribution in [2.24, 2.45) is 0 Å². The predicted octanol–water partition coefficient (Wildman–Crippen LogP) is 3.50. The molecule has 27 heavy (non-hydrogen) atoms. The fraction of sp³-hybridized carbons (Fsp3) is 0.455. The molecule has 2 aliphatic heterocycles. The van der Waals surface area contributed by atoms with Gasteiger partial charge < -0.3 is 24.4 Å². The third kappa shape index (κ3) is 3.43. The second-order valence-electron chi connectivity index (χ2n) is 7.44. The molecule has 0 aliphatic carbocycles. The summed E-state index contributed by atoms with van der Waals surface area (Å²) in [5, 5.41) is 20.1. The van der Waals surface area contributed by atoms with E-state index in [1.165, 1.54) is 0 Å². The van der Waals surface area contributed by atoms with E-state index in [1.807, 2.05) is 43.3 Å². The summed E-state index contributed by atoms with van der Waals surface area (Å²) in [6, 6.07) is 13.4. The highest BCUT2D eigenvalue weighted by molar-refractivity contribution is 5.42. The van der Waals surface area contributed by atoms with E-state index in [0.717, 1.165) is 41.7 Å². The van der Waals surface area contributed by atoms with E-state index in [0.29, 0.717) is 19.6 Å². The molecule has 0 saturated carbocycles. The lowest BCUT2D eigenvalue weighted by Crippen LogP contribution is -2.42. The lowest BCUT2D eigenvalue weighted by Gasteiger charge is -2.37. The summed E-state index contributed by atoms with van der Waals surface area (Å²) in [5.41, 5.74) is 2.22. The Hall–Kier alpha value is -2.08. The molecule has 2 bridgehead atoms. The Morgan fingerprint density at radius 1 is 1.11 bits per heavy atom. The van der Waals surface area contributed by atoms with Crippen LogP contribution in [0.15, 0.2) is 42.5 Å². The maximum atomic E-state index is 10.4. The predicted molar refractivity (Wildman–Crippen MR) is 101 cm³/mol. The average Bonchev–Trinajstić information content (AvgIpc) is 2.97. The van der Waals surface area contributed by atoms with Crippen LogP contribution in [0.5, 0.6) is 11.5 Å². The highest BCUT2D eigenvalue weighted by atomic mass is 16.8. The normalized spacial score (nSPS) is 26.9. The molecule has 4 rings (SSSR count). The second kappa shape index (κ2) is 7.15. The van der Waals surface area contributed by atoms with Gasteiger partial charge in [0, 0.05) is 18.4 Å². The maximum absolute atomic E-state index is 10.4. The third-order valence-corrected chi connectivity index (χ3v) is 5.52. The standard InChI is InChI=1S/C22H26O5/c1-2-25-19-7-4-16(5-8-19)12-17-13-18(6-9-20(17)24)22-11-3-10-21(14-23,27-22)15-26-22/h4-9,13,23-24H,2-3,10-12,14-15H2,1H3/t21-,22+/m0/s1. The van der Waals surface area contributed by atoms with Gasteiger partial charge in [0.2, 0.25) is 0 Å². The quantitative estimate of drug-likeness (QED) is 0.815. The molecule has 2 heterocycles. The summed E-state index contributed by atoms with van der Waals surface area (Å²) < 4.78 is 17.8. The minimum atomic E-state index is -0.817. The summed E-state index contributed by atoms with van der Waals surface area (Å²) in [6.45, 7) is 2.96. The first-order chi connectivity index (χ1) is 13.1. The van der Waals surface area contributed by atoms with E-state index in [9.17, 15) is 10.2 Å². The molecule has 0 aromatic heterocycles. The molecule has 0 spiro atoms. The number of aliphatic hydroxyl groups is 1. The summed E-state index contributed by atoms with van der Waals surface area (Å²) >= 11 is 0. The van der Waals surface area contributed by atoms with Crippen LogP contribution in [0.25, 0.3) is 0 Å². The van der Waals surface area contributed by atoms with Gasteiger partial charge in [-0.3, -0.25) is 0 Å². The summed E-state index contributed by atoms with van der Waals surface area (Å²) in [7, 11) is 0. The molecular weight excluding hydrogens is 344 g/mol. The van der Waals surface area contributed by atoms with Gasteiger partial charge in [-0.2, -0.15) is 0 Å². The number of aliphatic hydroxyl groups excluding tert-OH is 1. The highest BCUT2D eigenvalue weighted by Crippen LogP contribution is 2.49. The molecule has 2 saturated heterocycles. The van der Waals surface area contributed by atoms with Gasteiger partial charge in [0.15, 0.2) is 5.79 Å². The van der Waals surface area contributed by atoms with E-state index >= 15 is 0 Å². The van der Waals surface area contributed by atoms with Gasteiger partial charge in [-0.15, -0.1) is 0 Å². The van der Waals surface area contributed by atoms with Gasteiger partial charge >= 0.3 is 0 Å². The Labute approximate surface area is 159 Å². The molecule has 2 fully saturated rings. The summed E-state index contributed by atoms with van der Waals surface area (Å²) in [5.74, 6) is 0.280. The minimum absolute atomic E-state index is 0.0358. The summed E-state index contributed by atoms with van der Waals surface area (Å²) in [6.07, 6.45) is 3.10. The summed E-state index contributed by atoms with van der Waals surface area (Å²) in [4.78, 5) is 0. The van der Waals surface area contributed by atoms with Crippen LogP contribution >= 0.6 is 0 Å². The SMILES string of the molecule is CCOc1ccc(Cc2cc([C@]34CCC[C@](CO)(CO3)O4)ccc2O)cc1. The Morgan fingerprint density at radius 2 is 1.93 bits per heavy atom. The highest BCUT2D eigenvalue weighted by Gasteiger charge is 2.54. The van der Waals surface area contributed by atoms with Crippen LogP contribution in [0.4, 0.5) is 0 Å². The first kappa shape index (κ1) is 18.3. The van der Waals surface area contributed by atoms with E-state index in [4.69, 9.17) is 14.2 Å². The number of aromatic hydroxyl groups is 1. The molecule has 0 amide bonds. The van der Waals surface area contributed by atoms with Gasteiger partial charge in [-0.1, -0.05) is 12.1 Å².